The minimum absolute atomic E-state index is 0.150. The highest BCUT2D eigenvalue weighted by Crippen LogP contribution is 2.33. The van der Waals surface area contributed by atoms with Crippen molar-refractivity contribution in [3.63, 3.8) is 0 Å². The Morgan fingerprint density at radius 3 is 2.48 bits per heavy atom. The van der Waals surface area contributed by atoms with Crippen molar-refractivity contribution in [2.24, 2.45) is 0 Å². The average molecular weight is 392 g/mol. The number of nitrogens with zero attached hydrogens (tertiary/aromatic N) is 1. The Morgan fingerprint density at radius 1 is 1.11 bits per heavy atom. The largest absolute Gasteiger partial charge is 0.417 e. The molecule has 3 rings (SSSR count). The Kier molecular flexibility index (Phi) is 5.53. The summed E-state index contributed by atoms with van der Waals surface area (Å²) in [5.41, 5.74) is -0.243. The number of rotatable bonds is 5. The van der Waals surface area contributed by atoms with Crippen LogP contribution in [0.4, 0.5) is 13.2 Å². The van der Waals surface area contributed by atoms with Crippen molar-refractivity contribution < 1.29 is 18.0 Å². The first kappa shape index (κ1) is 19.4. The van der Waals surface area contributed by atoms with Gasteiger partial charge in [0.1, 0.15) is 0 Å². The van der Waals surface area contributed by atoms with Crippen LogP contribution in [0.25, 0.3) is 10.1 Å². The summed E-state index contributed by atoms with van der Waals surface area (Å²) in [6.45, 7) is 0.207. The molecule has 1 heterocycles. The van der Waals surface area contributed by atoms with Crippen LogP contribution >= 0.6 is 11.3 Å². The molecule has 1 aromatic heterocycles. The molecule has 3 aromatic rings. The molecule has 142 valence electrons. The number of carbonyl (C=O) groups excluding carboxylic acids is 1. The zero-order chi connectivity index (χ0) is 19.6. The Labute approximate surface area is 159 Å². The summed E-state index contributed by atoms with van der Waals surface area (Å²) < 4.78 is 40.6. The fourth-order valence-electron chi connectivity index (χ4n) is 3.04. The van der Waals surface area contributed by atoms with E-state index < -0.39 is 17.6 Å². The van der Waals surface area contributed by atoms with E-state index in [1.165, 1.54) is 18.2 Å². The summed E-state index contributed by atoms with van der Waals surface area (Å²) in [4.78, 5) is 14.4. The molecular weight excluding hydrogens is 373 g/mol. The molecule has 0 saturated carbocycles. The number of alkyl halides is 3. The van der Waals surface area contributed by atoms with Gasteiger partial charge in [0, 0.05) is 11.2 Å². The van der Waals surface area contributed by atoms with E-state index in [0.29, 0.717) is 0 Å². The Bertz CT molecular complexity index is 950. The molecule has 3 nitrogen and oxygen atoms in total. The fourth-order valence-corrected chi connectivity index (χ4v) is 4.05. The van der Waals surface area contributed by atoms with Gasteiger partial charge in [-0.05, 0) is 48.6 Å². The fraction of sp³-hybridized carbons (Fsp3) is 0.250. The van der Waals surface area contributed by atoms with Gasteiger partial charge < -0.3 is 10.2 Å². The number of carbonyl (C=O) groups is 1. The third-order valence-corrected chi connectivity index (χ3v) is 5.41. The van der Waals surface area contributed by atoms with E-state index in [1.807, 2.05) is 48.6 Å². The highest BCUT2D eigenvalue weighted by molar-refractivity contribution is 7.17. The zero-order valence-corrected chi connectivity index (χ0v) is 15.7. The third-order valence-electron chi connectivity index (χ3n) is 4.43. The molecule has 0 aliphatic carbocycles. The number of hydrogen-bond acceptors (Lipinski definition) is 3. The molecule has 0 aliphatic heterocycles. The van der Waals surface area contributed by atoms with Crippen molar-refractivity contribution in [2.75, 3.05) is 20.6 Å². The molecule has 0 radical (unpaired) electrons. The first-order chi connectivity index (χ1) is 12.8. The topological polar surface area (TPSA) is 32.3 Å². The molecule has 0 spiro atoms. The maximum Gasteiger partial charge on any atom is 0.417 e. The Morgan fingerprint density at radius 2 is 1.78 bits per heavy atom. The quantitative estimate of drug-likeness (QED) is 0.666. The van der Waals surface area contributed by atoms with Gasteiger partial charge in [-0.15, -0.1) is 11.3 Å². The number of thiophene rings is 1. The van der Waals surface area contributed by atoms with E-state index in [2.05, 4.69) is 5.32 Å². The van der Waals surface area contributed by atoms with Gasteiger partial charge in [-0.25, -0.2) is 0 Å². The van der Waals surface area contributed by atoms with E-state index in [9.17, 15) is 18.0 Å². The summed E-state index contributed by atoms with van der Waals surface area (Å²) in [5.74, 6) is -0.727. The number of hydrogen-bond donors (Lipinski definition) is 1. The standard InChI is InChI=1S/C20H19F3N2OS/c1-25(2)17(15-12-27-18-10-6-4-7-13(15)18)11-24-19(26)14-8-3-5-9-16(14)20(21,22)23/h3-10,12,17H,11H2,1-2H3,(H,24,26)/t17-/m1/s1. The summed E-state index contributed by atoms with van der Waals surface area (Å²) in [5, 5.41) is 5.79. The normalized spacial score (nSPS) is 13.1. The molecule has 1 atom stereocenters. The monoisotopic (exact) mass is 392 g/mol. The van der Waals surface area contributed by atoms with Crippen LogP contribution in [0.3, 0.4) is 0 Å². The van der Waals surface area contributed by atoms with Crippen LogP contribution in [0.1, 0.15) is 27.5 Å². The number of halogens is 3. The number of amides is 1. The minimum atomic E-state index is -4.57. The maximum atomic E-state index is 13.1. The number of fused-ring (bicyclic) bond motifs is 1. The lowest BCUT2D eigenvalue weighted by Crippen LogP contribution is -2.35. The lowest BCUT2D eigenvalue weighted by atomic mass is 10.0. The SMILES string of the molecule is CN(C)[C@H](CNC(=O)c1ccccc1C(F)(F)F)c1csc2ccccc12. The molecule has 0 aliphatic rings. The van der Waals surface area contributed by atoms with Gasteiger partial charge in [-0.2, -0.15) is 13.2 Å². The number of nitrogens with one attached hydrogen (secondary N) is 1. The zero-order valence-electron chi connectivity index (χ0n) is 14.9. The molecule has 0 unspecified atom stereocenters. The van der Waals surface area contributed by atoms with Crippen LogP contribution in [-0.4, -0.2) is 31.4 Å². The first-order valence-electron chi connectivity index (χ1n) is 8.36. The molecule has 2 aromatic carbocycles. The molecule has 0 saturated heterocycles. The molecule has 1 amide bonds. The second kappa shape index (κ2) is 7.70. The summed E-state index contributed by atoms with van der Waals surface area (Å²) in [6, 6.07) is 12.6. The van der Waals surface area contributed by atoms with Crippen molar-refractivity contribution in [1.29, 1.82) is 0 Å². The van der Waals surface area contributed by atoms with E-state index in [1.54, 1.807) is 11.3 Å². The average Bonchev–Trinajstić information content (AvgIpc) is 3.05. The maximum absolute atomic E-state index is 13.1. The van der Waals surface area contributed by atoms with Crippen LogP contribution < -0.4 is 5.32 Å². The highest BCUT2D eigenvalue weighted by Gasteiger charge is 2.35. The molecule has 7 heteroatoms. The van der Waals surface area contributed by atoms with Gasteiger partial charge in [-0.1, -0.05) is 30.3 Å². The Hall–Kier alpha value is -2.38. The van der Waals surface area contributed by atoms with Crippen LogP contribution in [0.2, 0.25) is 0 Å². The highest BCUT2D eigenvalue weighted by atomic mass is 32.1. The van der Waals surface area contributed by atoms with Crippen LogP contribution in [0.5, 0.6) is 0 Å². The molecule has 27 heavy (non-hydrogen) atoms. The van der Waals surface area contributed by atoms with Gasteiger partial charge in [0.2, 0.25) is 0 Å². The second-order valence-electron chi connectivity index (χ2n) is 6.42. The number of likely N-dealkylation sites (N-methyl/N-ethyl adjacent to an activating group) is 1. The van der Waals surface area contributed by atoms with Crippen molar-refractivity contribution in [2.45, 2.75) is 12.2 Å². The predicted molar refractivity (Wildman–Crippen MR) is 102 cm³/mol. The van der Waals surface area contributed by atoms with Gasteiger partial charge in [0.25, 0.3) is 5.91 Å². The minimum Gasteiger partial charge on any atom is -0.350 e. The summed E-state index contributed by atoms with van der Waals surface area (Å²) in [6.07, 6.45) is -4.57. The van der Waals surface area contributed by atoms with E-state index in [0.717, 1.165) is 21.7 Å². The van der Waals surface area contributed by atoms with Crippen molar-refractivity contribution in [3.8, 4) is 0 Å². The Balaban J connectivity index is 1.83. The van der Waals surface area contributed by atoms with Crippen molar-refractivity contribution >= 4 is 27.3 Å². The van der Waals surface area contributed by atoms with E-state index >= 15 is 0 Å². The van der Waals surface area contributed by atoms with Gasteiger partial charge in [0.05, 0.1) is 17.2 Å². The van der Waals surface area contributed by atoms with Crippen LogP contribution in [-0.2, 0) is 6.18 Å². The van der Waals surface area contributed by atoms with Crippen molar-refractivity contribution in [3.05, 3.63) is 70.6 Å². The van der Waals surface area contributed by atoms with Crippen LogP contribution in [0.15, 0.2) is 53.9 Å². The second-order valence-corrected chi connectivity index (χ2v) is 7.33. The predicted octanol–water partition coefficient (Wildman–Crippen LogP) is 4.95. The van der Waals surface area contributed by atoms with E-state index in [4.69, 9.17) is 0 Å². The molecular formula is C20H19F3N2OS. The van der Waals surface area contributed by atoms with Crippen molar-refractivity contribution in [1.82, 2.24) is 10.2 Å². The van der Waals surface area contributed by atoms with Gasteiger partial charge >= 0.3 is 6.18 Å². The molecule has 1 N–H and O–H groups in total. The summed E-state index contributed by atoms with van der Waals surface area (Å²) in [7, 11) is 3.76. The lowest BCUT2D eigenvalue weighted by Gasteiger charge is -2.25. The molecule has 0 bridgehead atoms. The first-order valence-corrected chi connectivity index (χ1v) is 9.24. The smallest absolute Gasteiger partial charge is 0.350 e. The van der Waals surface area contributed by atoms with Crippen LogP contribution in [0, 0.1) is 0 Å². The van der Waals surface area contributed by atoms with Gasteiger partial charge in [0.15, 0.2) is 0 Å². The van der Waals surface area contributed by atoms with Gasteiger partial charge in [-0.3, -0.25) is 4.79 Å². The summed E-state index contributed by atoms with van der Waals surface area (Å²) >= 11 is 1.61. The van der Waals surface area contributed by atoms with E-state index in [-0.39, 0.29) is 18.2 Å². The third kappa shape index (κ3) is 4.14. The lowest BCUT2D eigenvalue weighted by molar-refractivity contribution is -0.137. The number of benzene rings is 2. The molecule has 0 fully saturated rings.